The zero-order valence-corrected chi connectivity index (χ0v) is 8.96. The number of methoxy groups -OCH3 is 1. The van der Waals surface area contributed by atoms with Crippen LogP contribution in [0.4, 0.5) is 0 Å². The first-order valence-corrected chi connectivity index (χ1v) is 4.83. The van der Waals surface area contributed by atoms with Crippen LogP contribution in [-0.4, -0.2) is 36.3 Å². The molecule has 0 saturated heterocycles. The van der Waals surface area contributed by atoms with Crippen molar-refractivity contribution < 1.29 is 19.6 Å². The molecular formula is C10H14BNO4. The molecule has 4 N–H and O–H groups in total. The van der Waals surface area contributed by atoms with E-state index in [1.165, 1.54) is 7.11 Å². The van der Waals surface area contributed by atoms with Crippen LogP contribution in [0.5, 0.6) is 0 Å². The molecule has 1 rings (SSSR count). The molecule has 0 aliphatic carbocycles. The zero-order valence-electron chi connectivity index (χ0n) is 8.96. The van der Waals surface area contributed by atoms with Crippen molar-refractivity contribution in [3.63, 3.8) is 0 Å². The Morgan fingerprint density at radius 3 is 2.44 bits per heavy atom. The highest BCUT2D eigenvalue weighted by Gasteiger charge is 2.15. The fourth-order valence-corrected chi connectivity index (χ4v) is 1.31. The first kappa shape index (κ1) is 12.7. The number of hydrogen-bond donors (Lipinski definition) is 3. The van der Waals surface area contributed by atoms with Gasteiger partial charge in [-0.05, 0) is 17.4 Å². The Hall–Kier alpha value is -1.37. The molecule has 0 bridgehead atoms. The standard InChI is InChI=1S/C10H14BNO4/c1-16-10(13)9(12)6-7-2-4-8(5-3-7)11(14)15/h2-5,9,14-15H,6,12H2,1H3. The first-order valence-electron chi connectivity index (χ1n) is 4.83. The van der Waals surface area contributed by atoms with Gasteiger partial charge >= 0.3 is 13.1 Å². The van der Waals surface area contributed by atoms with Crippen LogP contribution in [0.2, 0.25) is 0 Å². The van der Waals surface area contributed by atoms with Crippen molar-refractivity contribution in [2.24, 2.45) is 5.73 Å². The average Bonchev–Trinajstić information content (AvgIpc) is 2.28. The van der Waals surface area contributed by atoms with Crippen LogP contribution in [0.25, 0.3) is 0 Å². The van der Waals surface area contributed by atoms with Crippen LogP contribution in [0.1, 0.15) is 5.56 Å². The number of hydrogen-bond acceptors (Lipinski definition) is 5. The molecule has 0 aliphatic rings. The van der Waals surface area contributed by atoms with Crippen molar-refractivity contribution in [3.8, 4) is 0 Å². The third-order valence-electron chi connectivity index (χ3n) is 2.24. The van der Waals surface area contributed by atoms with Gasteiger partial charge in [-0.2, -0.15) is 0 Å². The molecule has 0 saturated carbocycles. The summed E-state index contributed by atoms with van der Waals surface area (Å²) in [5.74, 6) is -0.466. The van der Waals surface area contributed by atoms with E-state index in [1.54, 1.807) is 24.3 Å². The number of rotatable bonds is 4. The minimum Gasteiger partial charge on any atom is -0.468 e. The monoisotopic (exact) mass is 223 g/mol. The van der Waals surface area contributed by atoms with Crippen molar-refractivity contribution in [1.29, 1.82) is 0 Å². The van der Waals surface area contributed by atoms with Gasteiger partial charge in [-0.3, -0.25) is 4.79 Å². The normalized spacial score (nSPS) is 12.0. The van der Waals surface area contributed by atoms with Crippen LogP contribution >= 0.6 is 0 Å². The predicted molar refractivity (Wildman–Crippen MR) is 60.0 cm³/mol. The summed E-state index contributed by atoms with van der Waals surface area (Å²) in [6.07, 6.45) is 0.356. The van der Waals surface area contributed by atoms with E-state index in [2.05, 4.69) is 4.74 Å². The van der Waals surface area contributed by atoms with Gasteiger partial charge < -0.3 is 20.5 Å². The van der Waals surface area contributed by atoms with Crippen LogP contribution in [0.15, 0.2) is 24.3 Å². The Balaban J connectivity index is 2.65. The van der Waals surface area contributed by atoms with Crippen molar-refractivity contribution in [1.82, 2.24) is 0 Å². The van der Waals surface area contributed by atoms with Crippen molar-refractivity contribution in [2.45, 2.75) is 12.5 Å². The van der Waals surface area contributed by atoms with Gasteiger partial charge in [-0.25, -0.2) is 0 Å². The average molecular weight is 223 g/mol. The molecule has 1 unspecified atom stereocenters. The summed E-state index contributed by atoms with van der Waals surface area (Å²) >= 11 is 0. The molecule has 0 aromatic heterocycles. The number of carbonyl (C=O) groups is 1. The molecule has 0 fully saturated rings. The number of nitrogens with two attached hydrogens (primary N) is 1. The fraction of sp³-hybridized carbons (Fsp3) is 0.300. The van der Waals surface area contributed by atoms with Gasteiger partial charge in [0, 0.05) is 0 Å². The van der Waals surface area contributed by atoms with Gasteiger partial charge in [0.2, 0.25) is 0 Å². The van der Waals surface area contributed by atoms with Crippen LogP contribution in [-0.2, 0) is 16.0 Å². The highest BCUT2D eigenvalue weighted by Crippen LogP contribution is 2.02. The Morgan fingerprint density at radius 1 is 1.44 bits per heavy atom. The summed E-state index contributed by atoms with van der Waals surface area (Å²) in [5, 5.41) is 17.8. The molecule has 5 nitrogen and oxygen atoms in total. The minimum atomic E-state index is -1.48. The highest BCUT2D eigenvalue weighted by atomic mass is 16.5. The topological polar surface area (TPSA) is 92.8 Å². The zero-order chi connectivity index (χ0) is 12.1. The van der Waals surface area contributed by atoms with Gasteiger partial charge in [-0.15, -0.1) is 0 Å². The maximum atomic E-state index is 11.1. The smallest absolute Gasteiger partial charge is 0.468 e. The molecule has 0 aliphatic heterocycles. The van der Waals surface area contributed by atoms with E-state index >= 15 is 0 Å². The first-order chi connectivity index (χ1) is 7.54. The van der Waals surface area contributed by atoms with Gasteiger partial charge in [0.1, 0.15) is 6.04 Å². The SMILES string of the molecule is COC(=O)C(N)Cc1ccc(B(O)O)cc1. The van der Waals surface area contributed by atoms with Crippen LogP contribution in [0, 0.1) is 0 Å². The summed E-state index contributed by atoms with van der Waals surface area (Å²) in [6, 6.07) is 5.83. The van der Waals surface area contributed by atoms with E-state index in [4.69, 9.17) is 15.8 Å². The second-order valence-electron chi connectivity index (χ2n) is 3.45. The molecular weight excluding hydrogens is 209 g/mol. The molecule has 86 valence electrons. The van der Waals surface area contributed by atoms with E-state index in [9.17, 15) is 4.79 Å². The maximum Gasteiger partial charge on any atom is 0.488 e. The quantitative estimate of drug-likeness (QED) is 0.422. The molecule has 1 aromatic carbocycles. The molecule has 0 amide bonds. The lowest BCUT2D eigenvalue weighted by Gasteiger charge is -2.09. The molecule has 0 radical (unpaired) electrons. The summed E-state index contributed by atoms with van der Waals surface area (Å²) in [5.41, 5.74) is 6.82. The van der Waals surface area contributed by atoms with E-state index in [1.807, 2.05) is 0 Å². The highest BCUT2D eigenvalue weighted by molar-refractivity contribution is 6.58. The van der Waals surface area contributed by atoms with Gasteiger partial charge in [0.05, 0.1) is 7.11 Å². The molecule has 1 atom stereocenters. The lowest BCUT2D eigenvalue weighted by atomic mass is 9.80. The maximum absolute atomic E-state index is 11.1. The van der Waals surface area contributed by atoms with Gasteiger partial charge in [0.15, 0.2) is 0 Å². The number of ether oxygens (including phenoxy) is 1. The molecule has 0 heterocycles. The van der Waals surface area contributed by atoms with E-state index in [0.717, 1.165) is 5.56 Å². The molecule has 0 spiro atoms. The van der Waals surface area contributed by atoms with Crippen LogP contribution in [0.3, 0.4) is 0 Å². The third-order valence-corrected chi connectivity index (χ3v) is 2.24. The lowest BCUT2D eigenvalue weighted by Crippen LogP contribution is -2.34. The predicted octanol–water partition coefficient (Wildman–Crippen LogP) is -1.59. The second kappa shape index (κ2) is 5.65. The van der Waals surface area contributed by atoms with Crippen molar-refractivity contribution >= 4 is 18.6 Å². The van der Waals surface area contributed by atoms with Gasteiger partial charge in [0.25, 0.3) is 0 Å². The van der Waals surface area contributed by atoms with Gasteiger partial charge in [-0.1, -0.05) is 24.3 Å². The lowest BCUT2D eigenvalue weighted by molar-refractivity contribution is -0.142. The molecule has 6 heteroatoms. The largest absolute Gasteiger partial charge is 0.488 e. The van der Waals surface area contributed by atoms with E-state index in [-0.39, 0.29) is 0 Å². The molecule has 1 aromatic rings. The second-order valence-corrected chi connectivity index (χ2v) is 3.45. The summed E-state index contributed by atoms with van der Waals surface area (Å²) < 4.78 is 4.50. The Morgan fingerprint density at radius 2 is 2.00 bits per heavy atom. The van der Waals surface area contributed by atoms with Crippen molar-refractivity contribution in [3.05, 3.63) is 29.8 Å². The third kappa shape index (κ3) is 3.34. The fourth-order valence-electron chi connectivity index (χ4n) is 1.31. The summed E-state index contributed by atoms with van der Waals surface area (Å²) in [7, 11) is -0.198. The number of esters is 1. The number of carbonyl (C=O) groups excluding carboxylic acids is 1. The van der Waals surface area contributed by atoms with Crippen molar-refractivity contribution in [2.75, 3.05) is 7.11 Å². The minimum absolute atomic E-state index is 0.356. The Kier molecular flexibility index (Phi) is 4.48. The molecule has 16 heavy (non-hydrogen) atoms. The van der Waals surface area contributed by atoms with E-state index < -0.39 is 19.1 Å². The number of benzene rings is 1. The Labute approximate surface area is 94.0 Å². The summed E-state index contributed by atoms with van der Waals surface area (Å²) in [4.78, 5) is 11.1. The van der Waals surface area contributed by atoms with E-state index in [0.29, 0.717) is 11.9 Å². The summed E-state index contributed by atoms with van der Waals surface area (Å²) in [6.45, 7) is 0. The van der Waals surface area contributed by atoms with Crippen LogP contribution < -0.4 is 11.2 Å². The Bertz CT molecular complexity index is 352.